The van der Waals surface area contributed by atoms with Gasteiger partial charge in [-0.05, 0) is 44.6 Å². The summed E-state index contributed by atoms with van der Waals surface area (Å²) in [6.07, 6.45) is 0.895. The molecule has 94 valence electrons. The van der Waals surface area contributed by atoms with Crippen molar-refractivity contribution in [1.29, 1.82) is 0 Å². The summed E-state index contributed by atoms with van der Waals surface area (Å²) in [6, 6.07) is 3.57. The second-order valence-electron chi connectivity index (χ2n) is 4.45. The maximum Gasteiger partial charge on any atom is 0.171 e. The summed E-state index contributed by atoms with van der Waals surface area (Å²) in [5, 5.41) is 6.30. The fourth-order valence-corrected chi connectivity index (χ4v) is 1.53. The molecule has 0 saturated heterocycles. The van der Waals surface area contributed by atoms with Gasteiger partial charge in [0.25, 0.3) is 0 Å². The lowest BCUT2D eigenvalue weighted by molar-refractivity contribution is 0.448. The quantitative estimate of drug-likeness (QED) is 0.812. The summed E-state index contributed by atoms with van der Waals surface area (Å²) in [4.78, 5) is 0. The highest BCUT2D eigenvalue weighted by Gasteiger charge is 2.15. The number of nitrogens with one attached hydrogen (secondary N) is 2. The highest BCUT2D eigenvalue weighted by atomic mass is 32.1. The van der Waals surface area contributed by atoms with Crippen molar-refractivity contribution in [1.82, 2.24) is 5.32 Å². The van der Waals surface area contributed by atoms with Gasteiger partial charge in [0.1, 0.15) is 0 Å². The van der Waals surface area contributed by atoms with Crippen LogP contribution in [0, 0.1) is 11.6 Å². The zero-order chi connectivity index (χ0) is 13.1. The molecule has 0 radical (unpaired) electrons. The third-order valence-electron chi connectivity index (χ3n) is 2.51. The summed E-state index contributed by atoms with van der Waals surface area (Å²) in [6.45, 7) is 6.05. The van der Waals surface area contributed by atoms with Crippen LogP contribution < -0.4 is 10.6 Å². The van der Waals surface area contributed by atoms with E-state index >= 15 is 0 Å². The van der Waals surface area contributed by atoms with Gasteiger partial charge in [-0.25, -0.2) is 8.78 Å². The molecule has 0 spiro atoms. The molecule has 0 aliphatic carbocycles. The molecule has 1 aromatic rings. The standard InChI is InChI=1S/C12H16F2N2S/c1-4-12(2,3)16-11(17)15-8-5-6-9(13)10(14)7-8/h5-7H,4H2,1-3H3,(H2,15,16,17). The summed E-state index contributed by atoms with van der Waals surface area (Å²) in [7, 11) is 0. The van der Waals surface area contributed by atoms with E-state index in [4.69, 9.17) is 12.2 Å². The molecule has 0 saturated carbocycles. The van der Waals surface area contributed by atoms with Crippen molar-refractivity contribution in [3.8, 4) is 0 Å². The molecule has 2 nitrogen and oxygen atoms in total. The monoisotopic (exact) mass is 258 g/mol. The molecule has 1 aromatic carbocycles. The van der Waals surface area contributed by atoms with Crippen LogP contribution in [0.25, 0.3) is 0 Å². The number of hydrogen-bond acceptors (Lipinski definition) is 1. The molecule has 5 heteroatoms. The molecule has 0 aliphatic heterocycles. The van der Waals surface area contributed by atoms with Crippen molar-refractivity contribution < 1.29 is 8.78 Å². The number of anilines is 1. The first kappa shape index (κ1) is 13.8. The summed E-state index contributed by atoms with van der Waals surface area (Å²) < 4.78 is 25.7. The molecule has 0 aromatic heterocycles. The average Bonchev–Trinajstić information content (AvgIpc) is 2.23. The van der Waals surface area contributed by atoms with Crippen molar-refractivity contribution in [3.05, 3.63) is 29.8 Å². The van der Waals surface area contributed by atoms with E-state index in [1.54, 1.807) is 0 Å². The smallest absolute Gasteiger partial charge is 0.171 e. The van der Waals surface area contributed by atoms with E-state index in [2.05, 4.69) is 10.6 Å². The van der Waals surface area contributed by atoms with Crippen LogP contribution in [-0.4, -0.2) is 10.7 Å². The largest absolute Gasteiger partial charge is 0.358 e. The molecule has 0 aliphatic rings. The molecule has 17 heavy (non-hydrogen) atoms. The molecule has 0 fully saturated rings. The maximum absolute atomic E-state index is 13.0. The van der Waals surface area contributed by atoms with Crippen molar-refractivity contribution in [2.24, 2.45) is 0 Å². The minimum Gasteiger partial charge on any atom is -0.358 e. The van der Waals surface area contributed by atoms with Crippen LogP contribution in [0.2, 0.25) is 0 Å². The Hall–Kier alpha value is -1.23. The number of halogens is 2. The van der Waals surface area contributed by atoms with Crippen LogP contribution in [-0.2, 0) is 0 Å². The Morgan fingerprint density at radius 3 is 2.47 bits per heavy atom. The van der Waals surface area contributed by atoms with Gasteiger partial charge in [0.05, 0.1) is 0 Å². The predicted octanol–water partition coefficient (Wildman–Crippen LogP) is 3.44. The van der Waals surface area contributed by atoms with Crippen LogP contribution in [0.4, 0.5) is 14.5 Å². The van der Waals surface area contributed by atoms with Gasteiger partial charge >= 0.3 is 0 Å². The lowest BCUT2D eigenvalue weighted by Crippen LogP contribution is -2.44. The summed E-state index contributed by atoms with van der Waals surface area (Å²) >= 11 is 5.09. The number of thiocarbonyl (C=S) groups is 1. The van der Waals surface area contributed by atoms with Crippen molar-refractivity contribution in [2.75, 3.05) is 5.32 Å². The Balaban J connectivity index is 2.65. The zero-order valence-corrected chi connectivity index (χ0v) is 10.9. The predicted molar refractivity (Wildman–Crippen MR) is 70.1 cm³/mol. The Kier molecular flexibility index (Phi) is 4.40. The highest BCUT2D eigenvalue weighted by Crippen LogP contribution is 2.14. The summed E-state index contributed by atoms with van der Waals surface area (Å²) in [5.74, 6) is -1.77. The molecular formula is C12H16F2N2S. The van der Waals surface area contributed by atoms with Crippen molar-refractivity contribution >= 4 is 23.0 Å². The van der Waals surface area contributed by atoms with E-state index in [9.17, 15) is 8.78 Å². The Morgan fingerprint density at radius 2 is 1.94 bits per heavy atom. The van der Waals surface area contributed by atoms with Crippen LogP contribution >= 0.6 is 12.2 Å². The third-order valence-corrected chi connectivity index (χ3v) is 2.72. The van der Waals surface area contributed by atoms with E-state index in [1.165, 1.54) is 6.07 Å². The molecule has 0 bridgehead atoms. The molecule has 0 unspecified atom stereocenters. The Labute approximate surface area is 105 Å². The second-order valence-corrected chi connectivity index (χ2v) is 4.85. The second kappa shape index (κ2) is 5.40. The zero-order valence-electron chi connectivity index (χ0n) is 10.1. The topological polar surface area (TPSA) is 24.1 Å². The highest BCUT2D eigenvalue weighted by molar-refractivity contribution is 7.80. The van der Waals surface area contributed by atoms with Gasteiger partial charge in [0.15, 0.2) is 16.7 Å². The SMILES string of the molecule is CCC(C)(C)NC(=S)Nc1ccc(F)c(F)c1. The van der Waals surface area contributed by atoms with Crippen molar-refractivity contribution in [3.63, 3.8) is 0 Å². The fourth-order valence-electron chi connectivity index (χ4n) is 1.13. The van der Waals surface area contributed by atoms with Gasteiger partial charge in [0, 0.05) is 17.3 Å². The first-order chi connectivity index (χ1) is 7.84. The van der Waals surface area contributed by atoms with Crippen LogP contribution in [0.5, 0.6) is 0 Å². The van der Waals surface area contributed by atoms with E-state index in [0.717, 1.165) is 18.6 Å². The number of benzene rings is 1. The van der Waals surface area contributed by atoms with E-state index < -0.39 is 11.6 Å². The molecule has 0 heterocycles. The van der Waals surface area contributed by atoms with Gasteiger partial charge < -0.3 is 10.6 Å². The van der Waals surface area contributed by atoms with E-state index in [-0.39, 0.29) is 5.54 Å². The average molecular weight is 258 g/mol. The minimum atomic E-state index is -0.896. The molecule has 0 atom stereocenters. The first-order valence-electron chi connectivity index (χ1n) is 5.38. The molecule has 1 rings (SSSR count). The Bertz CT molecular complexity index is 419. The van der Waals surface area contributed by atoms with Crippen LogP contribution in [0.15, 0.2) is 18.2 Å². The minimum absolute atomic E-state index is 0.136. The Morgan fingerprint density at radius 1 is 1.29 bits per heavy atom. The van der Waals surface area contributed by atoms with Gasteiger partial charge in [-0.1, -0.05) is 6.92 Å². The molecule has 0 amide bonds. The van der Waals surface area contributed by atoms with Crippen LogP contribution in [0.3, 0.4) is 0 Å². The lowest BCUT2D eigenvalue weighted by Gasteiger charge is -2.26. The van der Waals surface area contributed by atoms with E-state index in [1.807, 2.05) is 20.8 Å². The fraction of sp³-hybridized carbons (Fsp3) is 0.417. The van der Waals surface area contributed by atoms with Gasteiger partial charge in [-0.3, -0.25) is 0 Å². The van der Waals surface area contributed by atoms with Gasteiger partial charge in [0.2, 0.25) is 0 Å². The van der Waals surface area contributed by atoms with E-state index in [0.29, 0.717) is 10.8 Å². The normalized spacial score (nSPS) is 11.1. The number of hydrogen-bond donors (Lipinski definition) is 2. The first-order valence-corrected chi connectivity index (χ1v) is 5.79. The van der Waals surface area contributed by atoms with Gasteiger partial charge in [-0.15, -0.1) is 0 Å². The molecule has 2 N–H and O–H groups in total. The maximum atomic E-state index is 13.0. The lowest BCUT2D eigenvalue weighted by atomic mass is 10.0. The van der Waals surface area contributed by atoms with Crippen molar-refractivity contribution in [2.45, 2.75) is 32.7 Å². The molecular weight excluding hydrogens is 242 g/mol. The van der Waals surface area contributed by atoms with Crippen LogP contribution in [0.1, 0.15) is 27.2 Å². The summed E-state index contributed by atoms with van der Waals surface area (Å²) in [5.41, 5.74) is 0.288. The van der Waals surface area contributed by atoms with Gasteiger partial charge in [-0.2, -0.15) is 0 Å². The third kappa shape index (κ3) is 4.26. The number of rotatable bonds is 3.